The minimum Gasteiger partial charge on any atom is -0.308 e. The van der Waals surface area contributed by atoms with Crippen molar-refractivity contribution in [3.05, 3.63) is 53.9 Å². The van der Waals surface area contributed by atoms with E-state index in [1.807, 2.05) is 24.0 Å². The van der Waals surface area contributed by atoms with Crippen molar-refractivity contribution in [2.75, 3.05) is 20.6 Å². The zero-order valence-corrected chi connectivity index (χ0v) is 11.9. The molecule has 4 heteroatoms. The minimum atomic E-state index is 0.325. The summed E-state index contributed by atoms with van der Waals surface area (Å²) >= 11 is 0. The Morgan fingerprint density at radius 2 is 1.95 bits per heavy atom. The van der Waals surface area contributed by atoms with Crippen LogP contribution in [0.25, 0.3) is 0 Å². The third kappa shape index (κ3) is 3.91. The van der Waals surface area contributed by atoms with Crippen molar-refractivity contribution >= 4 is 0 Å². The number of likely N-dealkylation sites (N-methyl/N-ethyl adjacent to an activating group) is 1. The first kappa shape index (κ1) is 13.8. The Hall–Kier alpha value is -1.65. The smallest absolute Gasteiger partial charge is 0.0518 e. The third-order valence-electron chi connectivity index (χ3n) is 3.20. The van der Waals surface area contributed by atoms with Crippen LogP contribution in [0.3, 0.4) is 0 Å². The van der Waals surface area contributed by atoms with Gasteiger partial charge in [-0.1, -0.05) is 30.3 Å². The van der Waals surface area contributed by atoms with Crippen molar-refractivity contribution < 1.29 is 0 Å². The number of nitrogens with one attached hydrogen (secondary N) is 1. The van der Waals surface area contributed by atoms with E-state index in [1.165, 1.54) is 11.3 Å². The molecule has 102 valence electrons. The first-order valence-corrected chi connectivity index (χ1v) is 6.57. The van der Waals surface area contributed by atoms with Crippen molar-refractivity contribution in [1.82, 2.24) is 20.0 Å². The number of nitrogens with zero attached hydrogens (tertiary/aromatic N) is 3. The Labute approximate surface area is 115 Å². The molecule has 0 bridgehead atoms. The highest BCUT2D eigenvalue weighted by molar-refractivity contribution is 5.19. The lowest BCUT2D eigenvalue weighted by molar-refractivity contribution is 0.338. The SMILES string of the molecule is CN(C)CC(NCc1ccnn1C)c1ccccc1. The molecule has 1 heterocycles. The molecule has 0 amide bonds. The second-order valence-electron chi connectivity index (χ2n) is 5.05. The highest BCUT2D eigenvalue weighted by Gasteiger charge is 2.12. The van der Waals surface area contributed by atoms with Gasteiger partial charge in [0.15, 0.2) is 0 Å². The summed E-state index contributed by atoms with van der Waals surface area (Å²) in [5.41, 5.74) is 2.51. The van der Waals surface area contributed by atoms with Crippen molar-refractivity contribution in [2.45, 2.75) is 12.6 Å². The van der Waals surface area contributed by atoms with Crippen LogP contribution in [0, 0.1) is 0 Å². The van der Waals surface area contributed by atoms with E-state index in [0.29, 0.717) is 6.04 Å². The third-order valence-corrected chi connectivity index (χ3v) is 3.20. The van der Waals surface area contributed by atoms with Crippen LogP contribution in [-0.4, -0.2) is 35.3 Å². The van der Waals surface area contributed by atoms with Gasteiger partial charge in [0.2, 0.25) is 0 Å². The maximum atomic E-state index is 4.19. The molecule has 0 fully saturated rings. The Kier molecular flexibility index (Phi) is 4.71. The van der Waals surface area contributed by atoms with E-state index in [9.17, 15) is 0 Å². The molecule has 1 aromatic carbocycles. The van der Waals surface area contributed by atoms with Gasteiger partial charge in [-0.25, -0.2) is 0 Å². The predicted molar refractivity (Wildman–Crippen MR) is 77.8 cm³/mol. The van der Waals surface area contributed by atoms with Crippen LogP contribution in [-0.2, 0) is 13.6 Å². The number of benzene rings is 1. The van der Waals surface area contributed by atoms with Crippen LogP contribution < -0.4 is 5.32 Å². The molecule has 0 saturated carbocycles. The zero-order chi connectivity index (χ0) is 13.7. The maximum absolute atomic E-state index is 4.19. The molecule has 4 nitrogen and oxygen atoms in total. The van der Waals surface area contributed by atoms with Crippen LogP contribution >= 0.6 is 0 Å². The summed E-state index contributed by atoms with van der Waals surface area (Å²) in [5.74, 6) is 0. The van der Waals surface area contributed by atoms with Crippen LogP contribution in [0.15, 0.2) is 42.6 Å². The van der Waals surface area contributed by atoms with Gasteiger partial charge in [-0.15, -0.1) is 0 Å². The van der Waals surface area contributed by atoms with Crippen molar-refractivity contribution in [3.8, 4) is 0 Å². The van der Waals surface area contributed by atoms with E-state index in [0.717, 1.165) is 13.1 Å². The molecule has 2 aromatic rings. The molecule has 1 unspecified atom stereocenters. The molecule has 0 aliphatic heterocycles. The fraction of sp³-hybridized carbons (Fsp3) is 0.400. The summed E-state index contributed by atoms with van der Waals surface area (Å²) in [6.07, 6.45) is 1.83. The number of rotatable bonds is 6. The molecule has 1 aromatic heterocycles. The fourth-order valence-corrected chi connectivity index (χ4v) is 2.14. The molecule has 0 radical (unpaired) electrons. The van der Waals surface area contributed by atoms with Gasteiger partial charge in [0.1, 0.15) is 0 Å². The largest absolute Gasteiger partial charge is 0.308 e. The Balaban J connectivity index is 2.04. The lowest BCUT2D eigenvalue weighted by Gasteiger charge is -2.23. The molecule has 1 N–H and O–H groups in total. The summed E-state index contributed by atoms with van der Waals surface area (Å²) in [4.78, 5) is 2.20. The van der Waals surface area contributed by atoms with Gasteiger partial charge in [-0.2, -0.15) is 5.10 Å². The number of hydrogen-bond donors (Lipinski definition) is 1. The van der Waals surface area contributed by atoms with E-state index in [4.69, 9.17) is 0 Å². The number of aromatic nitrogens is 2. The summed E-state index contributed by atoms with van der Waals surface area (Å²) in [6.45, 7) is 1.80. The molecular weight excluding hydrogens is 236 g/mol. The van der Waals surface area contributed by atoms with Gasteiger partial charge < -0.3 is 10.2 Å². The van der Waals surface area contributed by atoms with Crippen molar-refractivity contribution in [3.63, 3.8) is 0 Å². The average molecular weight is 258 g/mol. The van der Waals surface area contributed by atoms with E-state index < -0.39 is 0 Å². The first-order valence-electron chi connectivity index (χ1n) is 6.57. The second-order valence-corrected chi connectivity index (χ2v) is 5.05. The normalized spacial score (nSPS) is 12.8. The number of hydrogen-bond acceptors (Lipinski definition) is 3. The summed E-state index contributed by atoms with van der Waals surface area (Å²) < 4.78 is 1.91. The summed E-state index contributed by atoms with van der Waals surface area (Å²) in [6, 6.07) is 12.9. The van der Waals surface area contributed by atoms with Crippen molar-refractivity contribution in [2.24, 2.45) is 7.05 Å². The van der Waals surface area contributed by atoms with E-state index in [2.05, 4.69) is 59.7 Å². The lowest BCUT2D eigenvalue weighted by atomic mass is 10.1. The monoisotopic (exact) mass is 258 g/mol. The Morgan fingerprint density at radius 1 is 1.21 bits per heavy atom. The highest BCUT2D eigenvalue weighted by atomic mass is 15.3. The topological polar surface area (TPSA) is 33.1 Å². The fourth-order valence-electron chi connectivity index (χ4n) is 2.14. The number of aryl methyl sites for hydroxylation is 1. The highest BCUT2D eigenvalue weighted by Crippen LogP contribution is 2.14. The minimum absolute atomic E-state index is 0.325. The summed E-state index contributed by atoms with van der Waals surface area (Å²) in [7, 11) is 6.17. The Bertz CT molecular complexity index is 490. The van der Waals surface area contributed by atoms with Crippen LogP contribution in [0.4, 0.5) is 0 Å². The van der Waals surface area contributed by atoms with Crippen LogP contribution in [0.2, 0.25) is 0 Å². The van der Waals surface area contributed by atoms with Gasteiger partial charge in [0.25, 0.3) is 0 Å². The average Bonchev–Trinajstić information content (AvgIpc) is 2.81. The molecule has 1 atom stereocenters. The van der Waals surface area contributed by atoms with Crippen LogP contribution in [0.1, 0.15) is 17.3 Å². The lowest BCUT2D eigenvalue weighted by Crippen LogP contribution is -2.31. The predicted octanol–water partition coefficient (Wildman–Crippen LogP) is 1.81. The van der Waals surface area contributed by atoms with Gasteiger partial charge in [-0.05, 0) is 25.7 Å². The first-order chi connectivity index (χ1) is 9.16. The quantitative estimate of drug-likeness (QED) is 0.858. The summed E-state index contributed by atoms with van der Waals surface area (Å²) in [5, 5.41) is 7.80. The van der Waals surface area contributed by atoms with Crippen LogP contribution in [0.5, 0.6) is 0 Å². The van der Waals surface area contributed by atoms with Gasteiger partial charge in [0.05, 0.1) is 5.69 Å². The van der Waals surface area contributed by atoms with Gasteiger partial charge in [0, 0.05) is 32.4 Å². The Morgan fingerprint density at radius 3 is 2.53 bits per heavy atom. The molecular formula is C15H22N4. The van der Waals surface area contributed by atoms with E-state index in [-0.39, 0.29) is 0 Å². The van der Waals surface area contributed by atoms with E-state index >= 15 is 0 Å². The zero-order valence-electron chi connectivity index (χ0n) is 11.9. The molecule has 0 aliphatic rings. The molecule has 0 aliphatic carbocycles. The van der Waals surface area contributed by atoms with Gasteiger partial charge >= 0.3 is 0 Å². The molecule has 2 rings (SSSR count). The molecule has 0 saturated heterocycles. The van der Waals surface area contributed by atoms with E-state index in [1.54, 1.807) is 0 Å². The van der Waals surface area contributed by atoms with Crippen molar-refractivity contribution in [1.29, 1.82) is 0 Å². The molecule has 0 spiro atoms. The maximum Gasteiger partial charge on any atom is 0.0518 e. The van der Waals surface area contributed by atoms with Gasteiger partial charge in [-0.3, -0.25) is 4.68 Å². The second kappa shape index (κ2) is 6.50. The molecule has 19 heavy (non-hydrogen) atoms. The standard InChI is InChI=1S/C15H22N4/c1-18(2)12-15(13-7-5-4-6-8-13)16-11-14-9-10-17-19(14)3/h4-10,15-16H,11-12H2,1-3H3.